The van der Waals surface area contributed by atoms with Crippen LogP contribution in [0.2, 0.25) is 0 Å². The Morgan fingerprint density at radius 2 is 2.00 bits per heavy atom. The number of methoxy groups -OCH3 is 1. The zero-order chi connectivity index (χ0) is 14.2. The van der Waals surface area contributed by atoms with Crippen molar-refractivity contribution in [3.05, 3.63) is 35.6 Å². The molecule has 1 aromatic heterocycles. The van der Waals surface area contributed by atoms with Gasteiger partial charge in [-0.25, -0.2) is 0 Å². The minimum Gasteiger partial charge on any atom is -0.459 e. The molecular formula is C17H23NO2. The van der Waals surface area contributed by atoms with Crippen LogP contribution in [-0.4, -0.2) is 12.7 Å². The molecule has 0 aliphatic heterocycles. The van der Waals surface area contributed by atoms with Gasteiger partial charge in [0.2, 0.25) is 0 Å². The normalized spacial score (nSPS) is 20.1. The summed E-state index contributed by atoms with van der Waals surface area (Å²) < 4.78 is 11.9. The summed E-state index contributed by atoms with van der Waals surface area (Å²) in [5, 5.41) is 1.12. The molecule has 1 aliphatic carbocycles. The third-order valence-corrected chi connectivity index (χ3v) is 4.74. The Bertz CT molecular complexity index is 596. The number of ether oxygens (including phenoxy) is 1. The number of para-hydroxylation sites is 1. The Morgan fingerprint density at radius 3 is 2.65 bits per heavy atom. The molecule has 3 heteroatoms. The summed E-state index contributed by atoms with van der Waals surface area (Å²) in [5.74, 6) is 0.845. The quantitative estimate of drug-likeness (QED) is 0.916. The van der Waals surface area contributed by atoms with Crippen LogP contribution in [0.5, 0.6) is 0 Å². The lowest BCUT2D eigenvalue weighted by Gasteiger charge is -2.39. The molecule has 1 aromatic carbocycles. The molecule has 1 heterocycles. The second-order valence-electron chi connectivity index (χ2n) is 5.95. The van der Waals surface area contributed by atoms with E-state index in [-0.39, 0.29) is 11.6 Å². The van der Waals surface area contributed by atoms with E-state index >= 15 is 0 Å². The Morgan fingerprint density at radius 1 is 1.25 bits per heavy atom. The minimum atomic E-state index is -0.264. The van der Waals surface area contributed by atoms with E-state index in [4.69, 9.17) is 14.9 Å². The van der Waals surface area contributed by atoms with E-state index in [9.17, 15) is 0 Å². The molecular weight excluding hydrogens is 250 g/mol. The van der Waals surface area contributed by atoms with Crippen molar-refractivity contribution in [1.82, 2.24) is 0 Å². The monoisotopic (exact) mass is 273 g/mol. The number of benzene rings is 1. The number of furan rings is 1. The van der Waals surface area contributed by atoms with Crippen molar-refractivity contribution in [2.75, 3.05) is 7.11 Å². The van der Waals surface area contributed by atoms with Crippen LogP contribution in [0.4, 0.5) is 0 Å². The maximum atomic E-state index is 6.51. The largest absolute Gasteiger partial charge is 0.459 e. The van der Waals surface area contributed by atoms with E-state index in [2.05, 4.69) is 31.2 Å². The predicted octanol–water partition coefficient (Wildman–Crippen LogP) is 4.09. The highest BCUT2D eigenvalue weighted by Crippen LogP contribution is 2.41. The Balaban J connectivity index is 1.98. The Hall–Kier alpha value is -1.32. The van der Waals surface area contributed by atoms with Gasteiger partial charge in [-0.3, -0.25) is 0 Å². The lowest BCUT2D eigenvalue weighted by Crippen LogP contribution is -2.44. The lowest BCUT2D eigenvalue weighted by atomic mass is 9.78. The summed E-state index contributed by atoms with van der Waals surface area (Å²) in [6.45, 7) is 2.06. The van der Waals surface area contributed by atoms with E-state index in [1.807, 2.05) is 0 Å². The highest BCUT2D eigenvalue weighted by atomic mass is 16.5. The van der Waals surface area contributed by atoms with Crippen molar-refractivity contribution in [1.29, 1.82) is 0 Å². The van der Waals surface area contributed by atoms with Crippen LogP contribution in [0.15, 0.2) is 28.7 Å². The van der Waals surface area contributed by atoms with E-state index < -0.39 is 0 Å². The van der Waals surface area contributed by atoms with Crippen molar-refractivity contribution in [3.8, 4) is 0 Å². The number of hydrogen-bond donors (Lipinski definition) is 1. The van der Waals surface area contributed by atoms with Crippen LogP contribution < -0.4 is 5.73 Å². The molecule has 20 heavy (non-hydrogen) atoms. The summed E-state index contributed by atoms with van der Waals surface area (Å²) in [4.78, 5) is 0. The summed E-state index contributed by atoms with van der Waals surface area (Å²) in [6.07, 6.45) is 5.67. The van der Waals surface area contributed by atoms with Gasteiger partial charge in [0, 0.05) is 12.5 Å². The molecule has 2 N–H and O–H groups in total. The third kappa shape index (κ3) is 2.15. The molecule has 108 valence electrons. The molecule has 3 nitrogen and oxygen atoms in total. The number of nitrogens with two attached hydrogens (primary N) is 1. The van der Waals surface area contributed by atoms with Gasteiger partial charge >= 0.3 is 0 Å². The van der Waals surface area contributed by atoms with Crippen molar-refractivity contribution < 1.29 is 9.15 Å². The molecule has 0 spiro atoms. The molecule has 1 fully saturated rings. The molecule has 0 amide bonds. The first-order chi connectivity index (χ1) is 9.66. The van der Waals surface area contributed by atoms with E-state index in [0.29, 0.717) is 0 Å². The molecule has 2 aromatic rings. The molecule has 3 rings (SSSR count). The van der Waals surface area contributed by atoms with Gasteiger partial charge in [-0.1, -0.05) is 37.5 Å². The maximum absolute atomic E-state index is 6.51. The molecule has 0 radical (unpaired) electrons. The first-order valence-corrected chi connectivity index (χ1v) is 7.46. The summed E-state index contributed by atoms with van der Waals surface area (Å²) in [5.41, 5.74) is 8.34. The second-order valence-corrected chi connectivity index (χ2v) is 5.95. The average Bonchev–Trinajstić information content (AvgIpc) is 2.92. The van der Waals surface area contributed by atoms with E-state index in [1.54, 1.807) is 7.11 Å². The van der Waals surface area contributed by atoms with Gasteiger partial charge in [-0.15, -0.1) is 0 Å². The van der Waals surface area contributed by atoms with Crippen LogP contribution >= 0.6 is 0 Å². The van der Waals surface area contributed by atoms with Gasteiger partial charge in [-0.05, 0) is 31.4 Å². The van der Waals surface area contributed by atoms with E-state index in [1.165, 1.54) is 19.3 Å². The molecule has 1 unspecified atom stereocenters. The van der Waals surface area contributed by atoms with Crippen LogP contribution in [-0.2, 0) is 4.74 Å². The standard InChI is InChI=1S/C17H23NO2/c1-12-7-6-8-13-11-14(20-15(12)13)16(18)17(19-2)9-4-3-5-10-17/h6-8,11,16H,3-5,9-10,18H2,1-2H3. The second kappa shape index (κ2) is 5.23. The molecule has 0 bridgehead atoms. The van der Waals surface area contributed by atoms with Crippen LogP contribution in [0.1, 0.15) is 49.5 Å². The first-order valence-electron chi connectivity index (χ1n) is 7.46. The van der Waals surface area contributed by atoms with Crippen molar-refractivity contribution in [2.24, 2.45) is 5.73 Å². The maximum Gasteiger partial charge on any atom is 0.137 e. The Labute approximate surface area is 120 Å². The summed E-state index contributed by atoms with van der Waals surface area (Å²) >= 11 is 0. The molecule has 1 atom stereocenters. The van der Waals surface area contributed by atoms with Gasteiger partial charge in [0.25, 0.3) is 0 Å². The summed E-state index contributed by atoms with van der Waals surface area (Å²) in [7, 11) is 1.78. The smallest absolute Gasteiger partial charge is 0.137 e. The molecule has 0 saturated heterocycles. The lowest BCUT2D eigenvalue weighted by molar-refractivity contribution is -0.0634. The number of hydrogen-bond acceptors (Lipinski definition) is 3. The first kappa shape index (κ1) is 13.7. The Kier molecular flexibility index (Phi) is 3.57. The molecule has 1 aliphatic rings. The fourth-order valence-corrected chi connectivity index (χ4v) is 3.43. The van der Waals surface area contributed by atoms with Crippen molar-refractivity contribution in [2.45, 2.75) is 50.7 Å². The summed E-state index contributed by atoms with van der Waals surface area (Å²) in [6, 6.07) is 8.06. The van der Waals surface area contributed by atoms with Gasteiger partial charge in [0.05, 0.1) is 11.6 Å². The fourth-order valence-electron chi connectivity index (χ4n) is 3.43. The van der Waals surface area contributed by atoms with Crippen LogP contribution in [0, 0.1) is 6.92 Å². The third-order valence-electron chi connectivity index (χ3n) is 4.74. The highest BCUT2D eigenvalue weighted by molar-refractivity contribution is 5.81. The number of aryl methyl sites for hydroxylation is 1. The van der Waals surface area contributed by atoms with Gasteiger partial charge in [-0.2, -0.15) is 0 Å². The number of fused-ring (bicyclic) bond motifs is 1. The minimum absolute atomic E-state index is 0.195. The van der Waals surface area contributed by atoms with Crippen molar-refractivity contribution in [3.63, 3.8) is 0 Å². The SMILES string of the molecule is COC1(C(N)c2cc3cccc(C)c3o2)CCCCC1. The molecule has 1 saturated carbocycles. The predicted molar refractivity (Wildman–Crippen MR) is 80.7 cm³/mol. The zero-order valence-electron chi connectivity index (χ0n) is 12.3. The average molecular weight is 273 g/mol. The van der Waals surface area contributed by atoms with Crippen LogP contribution in [0.25, 0.3) is 11.0 Å². The van der Waals surface area contributed by atoms with Crippen molar-refractivity contribution >= 4 is 11.0 Å². The fraction of sp³-hybridized carbons (Fsp3) is 0.529. The van der Waals surface area contributed by atoms with E-state index in [0.717, 1.165) is 35.1 Å². The van der Waals surface area contributed by atoms with Gasteiger partial charge in [0.1, 0.15) is 11.3 Å². The highest BCUT2D eigenvalue weighted by Gasteiger charge is 2.40. The zero-order valence-corrected chi connectivity index (χ0v) is 12.3. The van der Waals surface area contributed by atoms with Crippen LogP contribution in [0.3, 0.4) is 0 Å². The van der Waals surface area contributed by atoms with Gasteiger partial charge in [0.15, 0.2) is 0 Å². The van der Waals surface area contributed by atoms with Gasteiger partial charge < -0.3 is 14.9 Å². The topological polar surface area (TPSA) is 48.4 Å². The number of rotatable bonds is 3.